The van der Waals surface area contributed by atoms with Gasteiger partial charge < -0.3 is 4.74 Å². The van der Waals surface area contributed by atoms with Crippen molar-refractivity contribution in [3.63, 3.8) is 0 Å². The third-order valence-electron chi connectivity index (χ3n) is 1.64. The summed E-state index contributed by atoms with van der Waals surface area (Å²) in [7, 11) is 0. The third kappa shape index (κ3) is 3.31. The Morgan fingerprint density at radius 1 is 1.50 bits per heavy atom. The lowest BCUT2D eigenvalue weighted by molar-refractivity contribution is 0.112. The number of hydrogen-bond acceptors (Lipinski definition) is 2. The number of hydrogen-bond donors (Lipinski definition) is 0. The van der Waals surface area contributed by atoms with Crippen molar-refractivity contribution < 1.29 is 9.53 Å². The quantitative estimate of drug-likeness (QED) is 0.469. The molecule has 14 heavy (non-hydrogen) atoms. The van der Waals surface area contributed by atoms with Gasteiger partial charge in [0.1, 0.15) is 5.75 Å². The highest BCUT2D eigenvalue weighted by Gasteiger charge is 2.00. The van der Waals surface area contributed by atoms with Gasteiger partial charge >= 0.3 is 0 Å². The summed E-state index contributed by atoms with van der Waals surface area (Å²) >= 11 is 8.77. The lowest BCUT2D eigenvalue weighted by atomic mass is 10.2. The number of carbonyl (C=O) groups is 1. The monoisotopic (exact) mass is 276 g/mol. The molecule has 1 aromatic rings. The summed E-state index contributed by atoms with van der Waals surface area (Å²) in [5.74, 6) is 1.28. The molecule has 0 N–H and O–H groups in total. The molecule has 0 heterocycles. The second kappa shape index (κ2) is 6.04. The average molecular weight is 278 g/mol. The van der Waals surface area contributed by atoms with E-state index in [4.69, 9.17) is 16.3 Å². The van der Waals surface area contributed by atoms with Gasteiger partial charge in [0.15, 0.2) is 6.29 Å². The number of ether oxygens (including phenoxy) is 1. The molecule has 0 radical (unpaired) electrons. The largest absolute Gasteiger partial charge is 0.494 e. The van der Waals surface area contributed by atoms with E-state index < -0.39 is 0 Å². The number of carbonyl (C=O) groups excluding carboxylic acids is 1. The van der Waals surface area contributed by atoms with Gasteiger partial charge in [-0.15, -0.1) is 11.6 Å². The van der Waals surface area contributed by atoms with E-state index in [9.17, 15) is 4.79 Å². The summed E-state index contributed by atoms with van der Waals surface area (Å²) in [5, 5.41) is 0. The molecule has 0 atom stereocenters. The van der Waals surface area contributed by atoms with Crippen LogP contribution in [0.3, 0.4) is 0 Å². The highest BCUT2D eigenvalue weighted by molar-refractivity contribution is 9.10. The summed E-state index contributed by atoms with van der Waals surface area (Å²) in [4.78, 5) is 10.6. The Kier molecular flexibility index (Phi) is 4.98. The molecule has 2 nitrogen and oxygen atoms in total. The summed E-state index contributed by atoms with van der Waals surface area (Å²) in [6, 6.07) is 5.30. The minimum atomic E-state index is 0.573. The maximum Gasteiger partial charge on any atom is 0.151 e. The van der Waals surface area contributed by atoms with Crippen LogP contribution in [-0.4, -0.2) is 18.8 Å². The van der Waals surface area contributed by atoms with Gasteiger partial charge in [-0.3, -0.25) is 4.79 Å². The SMILES string of the molecule is O=Cc1cc(OCCCCl)ccc1Br. The van der Waals surface area contributed by atoms with Gasteiger partial charge in [0.05, 0.1) is 6.61 Å². The van der Waals surface area contributed by atoms with E-state index >= 15 is 0 Å². The molecule has 0 spiro atoms. The Bertz CT molecular complexity index is 315. The van der Waals surface area contributed by atoms with Gasteiger partial charge in [-0.25, -0.2) is 0 Å². The Balaban J connectivity index is 2.64. The minimum Gasteiger partial charge on any atom is -0.494 e. The molecular weight excluding hydrogens is 267 g/mol. The summed E-state index contributed by atoms with van der Waals surface area (Å²) in [5.41, 5.74) is 0.591. The summed E-state index contributed by atoms with van der Waals surface area (Å²) in [6.07, 6.45) is 1.59. The fourth-order valence-corrected chi connectivity index (χ4v) is 1.40. The highest BCUT2D eigenvalue weighted by atomic mass is 79.9. The molecule has 0 unspecified atom stereocenters. The maximum atomic E-state index is 10.6. The molecule has 0 saturated carbocycles. The Labute approximate surface area is 96.3 Å². The number of halogens is 2. The van der Waals surface area contributed by atoms with E-state index in [0.29, 0.717) is 23.8 Å². The molecule has 4 heteroatoms. The zero-order valence-corrected chi connectivity index (χ0v) is 9.85. The number of alkyl halides is 1. The van der Waals surface area contributed by atoms with Crippen molar-refractivity contribution in [1.82, 2.24) is 0 Å². The van der Waals surface area contributed by atoms with Gasteiger partial charge in [0, 0.05) is 15.9 Å². The van der Waals surface area contributed by atoms with Gasteiger partial charge in [-0.1, -0.05) is 15.9 Å². The van der Waals surface area contributed by atoms with E-state index in [0.717, 1.165) is 17.2 Å². The van der Waals surface area contributed by atoms with E-state index in [2.05, 4.69) is 15.9 Å². The van der Waals surface area contributed by atoms with Crippen LogP contribution in [0.4, 0.5) is 0 Å². The average Bonchev–Trinajstić information content (AvgIpc) is 2.21. The lowest BCUT2D eigenvalue weighted by Crippen LogP contribution is -1.98. The fraction of sp³-hybridized carbons (Fsp3) is 0.300. The first-order valence-corrected chi connectivity index (χ1v) is 5.54. The molecule has 76 valence electrons. The lowest BCUT2D eigenvalue weighted by Gasteiger charge is -2.05. The third-order valence-corrected chi connectivity index (χ3v) is 2.63. The molecule has 0 bridgehead atoms. The molecule has 0 amide bonds. The Hall–Kier alpha value is -0.540. The van der Waals surface area contributed by atoms with Crippen LogP contribution in [-0.2, 0) is 0 Å². The normalized spacial score (nSPS) is 9.86. The van der Waals surface area contributed by atoms with Crippen molar-refractivity contribution in [2.24, 2.45) is 0 Å². The van der Waals surface area contributed by atoms with Crippen LogP contribution in [0.2, 0.25) is 0 Å². The second-order valence-electron chi connectivity index (χ2n) is 2.69. The van der Waals surface area contributed by atoms with Gasteiger partial charge in [0.2, 0.25) is 0 Å². The van der Waals surface area contributed by atoms with Crippen LogP contribution in [0, 0.1) is 0 Å². The van der Waals surface area contributed by atoms with E-state index in [1.807, 2.05) is 6.07 Å². The molecule has 1 rings (SSSR count). The van der Waals surface area contributed by atoms with Crippen LogP contribution >= 0.6 is 27.5 Å². The van der Waals surface area contributed by atoms with Crippen molar-refractivity contribution in [1.29, 1.82) is 0 Å². The Morgan fingerprint density at radius 2 is 2.29 bits per heavy atom. The number of rotatable bonds is 5. The smallest absolute Gasteiger partial charge is 0.151 e. The maximum absolute atomic E-state index is 10.6. The molecule has 0 fully saturated rings. The van der Waals surface area contributed by atoms with Crippen molar-refractivity contribution >= 4 is 33.8 Å². The van der Waals surface area contributed by atoms with Crippen molar-refractivity contribution in [2.45, 2.75) is 6.42 Å². The van der Waals surface area contributed by atoms with Crippen molar-refractivity contribution in [2.75, 3.05) is 12.5 Å². The first kappa shape index (κ1) is 11.5. The molecule has 0 aromatic heterocycles. The molecular formula is C10H10BrClO2. The number of benzene rings is 1. The van der Waals surface area contributed by atoms with Gasteiger partial charge in [0.25, 0.3) is 0 Å². The zero-order valence-electron chi connectivity index (χ0n) is 7.50. The molecule has 0 aliphatic heterocycles. The van der Waals surface area contributed by atoms with E-state index in [1.165, 1.54) is 0 Å². The summed E-state index contributed by atoms with van der Waals surface area (Å²) in [6.45, 7) is 0.573. The van der Waals surface area contributed by atoms with Crippen LogP contribution in [0.1, 0.15) is 16.8 Å². The molecule has 1 aromatic carbocycles. The van der Waals surface area contributed by atoms with Crippen LogP contribution < -0.4 is 4.74 Å². The van der Waals surface area contributed by atoms with Crippen molar-refractivity contribution in [3.8, 4) is 5.75 Å². The highest BCUT2D eigenvalue weighted by Crippen LogP contribution is 2.21. The zero-order chi connectivity index (χ0) is 10.4. The fourth-order valence-electron chi connectivity index (χ4n) is 0.947. The minimum absolute atomic E-state index is 0.573. The topological polar surface area (TPSA) is 26.3 Å². The second-order valence-corrected chi connectivity index (χ2v) is 3.92. The first-order valence-electron chi connectivity index (χ1n) is 4.21. The van der Waals surface area contributed by atoms with Gasteiger partial charge in [-0.2, -0.15) is 0 Å². The van der Waals surface area contributed by atoms with E-state index in [1.54, 1.807) is 12.1 Å². The standard InChI is InChI=1S/C10H10BrClO2/c11-10-3-2-9(6-8(10)7-13)14-5-1-4-12/h2-3,6-7H,1,4-5H2. The summed E-state index contributed by atoms with van der Waals surface area (Å²) < 4.78 is 6.15. The van der Waals surface area contributed by atoms with Crippen LogP contribution in [0.25, 0.3) is 0 Å². The molecule has 0 saturated heterocycles. The molecule has 0 aliphatic rings. The van der Waals surface area contributed by atoms with Crippen molar-refractivity contribution in [3.05, 3.63) is 28.2 Å². The molecule has 0 aliphatic carbocycles. The predicted molar refractivity (Wildman–Crippen MR) is 60.4 cm³/mol. The van der Waals surface area contributed by atoms with E-state index in [-0.39, 0.29) is 0 Å². The first-order chi connectivity index (χ1) is 6.77. The van der Waals surface area contributed by atoms with Gasteiger partial charge in [-0.05, 0) is 24.6 Å². The van der Waals surface area contributed by atoms with Crippen LogP contribution in [0.15, 0.2) is 22.7 Å². The van der Waals surface area contributed by atoms with Crippen LogP contribution in [0.5, 0.6) is 5.75 Å². The predicted octanol–water partition coefficient (Wildman–Crippen LogP) is 3.27. The number of aldehydes is 1. The Morgan fingerprint density at radius 3 is 2.93 bits per heavy atom.